The van der Waals surface area contributed by atoms with Crippen LogP contribution in [0.1, 0.15) is 69.9 Å². The van der Waals surface area contributed by atoms with Gasteiger partial charge in [0, 0.05) is 48.5 Å². The Morgan fingerprint density at radius 1 is 1.00 bits per heavy atom. The molecule has 3 unspecified atom stereocenters. The normalized spacial score (nSPS) is 21.2. The Morgan fingerprint density at radius 3 is 2.25 bits per heavy atom. The molecule has 3 aliphatic rings. The summed E-state index contributed by atoms with van der Waals surface area (Å²) in [6.07, 6.45) is 0.169. The van der Waals surface area contributed by atoms with E-state index in [1.807, 2.05) is 32.9 Å². The highest BCUT2D eigenvalue weighted by Gasteiger charge is 2.67. The number of benzene rings is 3. The van der Waals surface area contributed by atoms with Crippen LogP contribution < -0.4 is 10.6 Å². The van der Waals surface area contributed by atoms with Gasteiger partial charge in [0.05, 0.1) is 23.1 Å². The zero-order valence-corrected chi connectivity index (χ0v) is 33.7. The predicted molar refractivity (Wildman–Crippen MR) is 210 cm³/mol. The van der Waals surface area contributed by atoms with E-state index in [-0.39, 0.29) is 48.0 Å². The quantitative estimate of drug-likeness (QED) is 0.183. The molecule has 0 aromatic heterocycles. The average Bonchev–Trinajstić information content (AvgIpc) is 3.93. The van der Waals surface area contributed by atoms with Gasteiger partial charge in [-0.2, -0.15) is 4.31 Å². The fraction of sp³-hybridized carbons (Fsp3) is 0.488. The number of hydrogen-bond donors (Lipinski definition) is 3. The number of rotatable bonds is 11. The van der Waals surface area contributed by atoms with Gasteiger partial charge in [-0.05, 0) is 91.8 Å². The van der Waals surface area contributed by atoms with Gasteiger partial charge in [-0.15, -0.1) is 0 Å². The molecule has 3 aromatic rings. The number of alkyl carbamates (subject to hydrolysis) is 1. The third-order valence-electron chi connectivity index (χ3n) is 11.8. The summed E-state index contributed by atoms with van der Waals surface area (Å²) in [6, 6.07) is 18.3. The molecule has 3 aromatic carbocycles. The molecule has 12 nitrogen and oxygen atoms in total. The van der Waals surface area contributed by atoms with Crippen LogP contribution >= 0.6 is 11.6 Å². The number of sulfonamides is 1. The fourth-order valence-electron chi connectivity index (χ4n) is 8.70. The molecule has 2 saturated heterocycles. The van der Waals surface area contributed by atoms with Crippen LogP contribution in [0.25, 0.3) is 0 Å². The van der Waals surface area contributed by atoms with Gasteiger partial charge in [-0.3, -0.25) is 4.79 Å². The van der Waals surface area contributed by atoms with E-state index in [1.165, 1.54) is 36.3 Å². The second kappa shape index (κ2) is 16.3. The maximum Gasteiger partial charge on any atom is 0.407 e. The number of carboxylic acid groups (broad SMARTS) is 1. The van der Waals surface area contributed by atoms with E-state index >= 15 is 4.39 Å². The number of nitrogens with zero attached hydrogens (tertiary/aromatic N) is 2. The molecule has 2 heterocycles. The van der Waals surface area contributed by atoms with Gasteiger partial charge >= 0.3 is 12.2 Å². The third-order valence-corrected chi connectivity index (χ3v) is 14.2. The summed E-state index contributed by atoms with van der Waals surface area (Å²) < 4.78 is 57.8. The highest BCUT2D eigenvalue weighted by Crippen LogP contribution is 2.57. The van der Waals surface area contributed by atoms with E-state index in [1.54, 1.807) is 40.7 Å². The highest BCUT2D eigenvalue weighted by molar-refractivity contribution is 7.89. The molecular formula is C41H50ClFN4O8S. The summed E-state index contributed by atoms with van der Waals surface area (Å²) in [4.78, 5) is 41.4. The van der Waals surface area contributed by atoms with Crippen molar-refractivity contribution in [2.75, 3.05) is 38.7 Å². The Kier molecular flexibility index (Phi) is 12.1. The number of amides is 3. The van der Waals surface area contributed by atoms with Gasteiger partial charge in [0.2, 0.25) is 15.9 Å². The number of anilines is 1. The molecule has 3 fully saturated rings. The van der Waals surface area contributed by atoms with Crippen molar-refractivity contribution in [3.8, 4) is 0 Å². The number of carbonyl (C=O) groups excluding carboxylic acids is 2. The SMILES string of the molecule is COC(=O)NC(C(=O)Nc1cccc(F)c1CCC1(C(C)(C)C)CN(C(=O)O)CC2(CC2)N1S(=O)(=O)c1ccccc1)C(c1ccc(Cl)cc1)C1CCOCC1. The molecule has 2 aliphatic heterocycles. The van der Waals surface area contributed by atoms with Crippen LogP contribution in [0.4, 0.5) is 19.7 Å². The van der Waals surface area contributed by atoms with Gasteiger partial charge in [0.15, 0.2) is 0 Å². The van der Waals surface area contributed by atoms with Crippen molar-refractivity contribution in [3.05, 3.63) is 94.8 Å². The second-order valence-electron chi connectivity index (χ2n) is 16.1. The first-order chi connectivity index (χ1) is 26.5. The molecule has 15 heteroatoms. The molecular weight excluding hydrogens is 763 g/mol. The highest BCUT2D eigenvalue weighted by atomic mass is 35.5. The van der Waals surface area contributed by atoms with Crippen molar-refractivity contribution in [3.63, 3.8) is 0 Å². The Labute approximate surface area is 332 Å². The first-order valence-electron chi connectivity index (χ1n) is 18.9. The molecule has 302 valence electrons. The number of hydrogen-bond acceptors (Lipinski definition) is 7. The van der Waals surface area contributed by atoms with E-state index in [0.717, 1.165) is 5.56 Å². The van der Waals surface area contributed by atoms with E-state index in [4.69, 9.17) is 21.1 Å². The molecule has 1 saturated carbocycles. The van der Waals surface area contributed by atoms with Gasteiger partial charge in [-0.25, -0.2) is 22.4 Å². The average molecular weight is 813 g/mol. The Morgan fingerprint density at radius 2 is 1.66 bits per heavy atom. The van der Waals surface area contributed by atoms with E-state index < -0.39 is 62.4 Å². The number of nitrogens with one attached hydrogen (secondary N) is 2. The van der Waals surface area contributed by atoms with Gasteiger partial charge in [0.25, 0.3) is 0 Å². The minimum Gasteiger partial charge on any atom is -0.465 e. The predicted octanol–water partition coefficient (Wildman–Crippen LogP) is 7.29. The molecule has 0 radical (unpaired) electrons. The Balaban J connectivity index is 1.39. The Bertz CT molecular complexity index is 2020. The van der Waals surface area contributed by atoms with Crippen LogP contribution in [0, 0.1) is 17.2 Å². The topological polar surface area (TPSA) is 155 Å². The smallest absolute Gasteiger partial charge is 0.407 e. The lowest BCUT2D eigenvalue weighted by Gasteiger charge is -2.59. The van der Waals surface area contributed by atoms with Gasteiger partial charge < -0.3 is 30.1 Å². The standard InChI is InChI=1S/C41H50ClFN4O8S/c1-39(2,3)41(26-46(38(50)51)25-40(21-22-40)47(41)56(52,53)30-9-6-5-7-10-30)20-17-31-32(43)11-8-12-33(31)44-36(48)35(45-37(49)54-4)34(28-18-23-55-24-19-28)27-13-15-29(42)16-14-27/h5-16,28,34-35H,17-26H2,1-4H3,(H,44,48)(H,45,49)(H,50,51). The minimum atomic E-state index is -4.18. The summed E-state index contributed by atoms with van der Waals surface area (Å²) in [5, 5.41) is 16.5. The van der Waals surface area contributed by atoms with Crippen LogP contribution in [-0.4, -0.2) is 91.4 Å². The molecule has 3 atom stereocenters. The van der Waals surface area contributed by atoms with Crippen molar-refractivity contribution in [2.45, 2.75) is 87.2 Å². The van der Waals surface area contributed by atoms with Gasteiger partial charge in [-0.1, -0.05) is 68.8 Å². The summed E-state index contributed by atoms with van der Waals surface area (Å²) in [6.45, 7) is 6.45. The van der Waals surface area contributed by atoms with Crippen molar-refractivity contribution < 1.29 is 41.8 Å². The van der Waals surface area contributed by atoms with E-state index in [2.05, 4.69) is 10.6 Å². The van der Waals surface area contributed by atoms with Crippen LogP contribution in [0.3, 0.4) is 0 Å². The van der Waals surface area contributed by atoms with E-state index in [0.29, 0.717) is 43.9 Å². The second-order valence-corrected chi connectivity index (χ2v) is 18.3. The molecule has 6 rings (SSSR count). The van der Waals surface area contributed by atoms with Crippen LogP contribution in [-0.2, 0) is 30.7 Å². The lowest BCUT2D eigenvalue weighted by atomic mass is 9.68. The van der Waals surface area contributed by atoms with E-state index in [9.17, 15) is 27.9 Å². The zero-order chi connectivity index (χ0) is 40.5. The molecule has 3 amide bonds. The maximum absolute atomic E-state index is 16.2. The summed E-state index contributed by atoms with van der Waals surface area (Å²) in [5.74, 6) is -1.86. The van der Waals surface area contributed by atoms with Crippen LogP contribution in [0.2, 0.25) is 5.02 Å². The fourth-order valence-corrected chi connectivity index (χ4v) is 11.2. The van der Waals surface area contributed by atoms with Crippen LogP contribution in [0.5, 0.6) is 0 Å². The number of piperazine rings is 1. The van der Waals surface area contributed by atoms with Crippen LogP contribution in [0.15, 0.2) is 77.7 Å². The number of halogens is 2. The molecule has 1 aliphatic carbocycles. The monoisotopic (exact) mass is 812 g/mol. The minimum absolute atomic E-state index is 0.0176. The largest absolute Gasteiger partial charge is 0.465 e. The first-order valence-corrected chi connectivity index (χ1v) is 20.7. The molecule has 1 spiro atoms. The summed E-state index contributed by atoms with van der Waals surface area (Å²) in [7, 11) is -2.98. The lowest BCUT2D eigenvalue weighted by molar-refractivity contribution is -0.119. The van der Waals surface area contributed by atoms with Crippen molar-refractivity contribution >= 4 is 45.4 Å². The molecule has 3 N–H and O–H groups in total. The van der Waals surface area contributed by atoms with Gasteiger partial charge in [0.1, 0.15) is 11.9 Å². The number of carbonyl (C=O) groups is 3. The third kappa shape index (κ3) is 8.25. The first kappa shape index (κ1) is 41.4. The number of ether oxygens (including phenoxy) is 2. The van der Waals surface area contributed by atoms with Crippen molar-refractivity contribution in [1.82, 2.24) is 14.5 Å². The van der Waals surface area contributed by atoms with Crippen molar-refractivity contribution in [2.24, 2.45) is 11.3 Å². The Hall–Kier alpha value is -4.24. The van der Waals surface area contributed by atoms with Crippen molar-refractivity contribution in [1.29, 1.82) is 0 Å². The lowest BCUT2D eigenvalue weighted by Crippen LogP contribution is -2.74. The number of methoxy groups -OCH3 is 1. The molecule has 0 bridgehead atoms. The molecule has 56 heavy (non-hydrogen) atoms. The summed E-state index contributed by atoms with van der Waals surface area (Å²) >= 11 is 6.23. The zero-order valence-electron chi connectivity index (χ0n) is 32.1. The summed E-state index contributed by atoms with van der Waals surface area (Å²) in [5.41, 5.74) is -2.14. The maximum atomic E-state index is 16.2.